The number of carbonyl (C=O) groups is 2. The summed E-state index contributed by atoms with van der Waals surface area (Å²) < 4.78 is 43.0. The molecule has 4 aromatic rings. The number of esters is 1. The van der Waals surface area contributed by atoms with Crippen LogP contribution in [0.3, 0.4) is 0 Å². The first-order valence-corrected chi connectivity index (χ1v) is 20.7. The Kier molecular flexibility index (Phi) is 13.0. The van der Waals surface area contributed by atoms with Crippen molar-refractivity contribution in [3.63, 3.8) is 0 Å². The smallest absolute Gasteiger partial charge is 0.329 e. The van der Waals surface area contributed by atoms with E-state index < -0.39 is 39.1 Å². The number of aromatic nitrogens is 1. The molecule has 1 aromatic heterocycles. The Morgan fingerprint density at radius 3 is 2.26 bits per heavy atom. The van der Waals surface area contributed by atoms with E-state index in [1.165, 1.54) is 16.2 Å². The van der Waals surface area contributed by atoms with Gasteiger partial charge in [-0.1, -0.05) is 54.6 Å². The number of rotatable bonds is 13. The molecule has 0 unspecified atom stereocenters. The third-order valence-corrected chi connectivity index (χ3v) is 11.6. The first kappa shape index (κ1) is 42.7. The van der Waals surface area contributed by atoms with Crippen LogP contribution in [0.1, 0.15) is 103 Å². The molecule has 0 saturated heterocycles. The van der Waals surface area contributed by atoms with Gasteiger partial charge >= 0.3 is 5.97 Å². The number of sulfonamides is 1. The first-order valence-electron chi connectivity index (χ1n) is 19.2. The van der Waals surface area contributed by atoms with Crippen LogP contribution in [0.5, 0.6) is 5.75 Å². The van der Waals surface area contributed by atoms with E-state index in [9.17, 15) is 22.8 Å². The lowest BCUT2D eigenvalue weighted by atomic mass is 9.88. The number of carbonyl (C=O) groups excluding carboxylic acids is 2. The van der Waals surface area contributed by atoms with Crippen LogP contribution in [0.2, 0.25) is 0 Å². The van der Waals surface area contributed by atoms with Gasteiger partial charge in [-0.2, -0.15) is 0 Å². The molecular formula is C44H55N5O7S. The second-order valence-electron chi connectivity index (χ2n) is 16.3. The Balaban J connectivity index is 1.24. The summed E-state index contributed by atoms with van der Waals surface area (Å²) >= 11 is 0. The van der Waals surface area contributed by atoms with Crippen LogP contribution in [0, 0.1) is 20.8 Å². The predicted octanol–water partition coefficient (Wildman–Crippen LogP) is 6.03. The van der Waals surface area contributed by atoms with E-state index in [2.05, 4.69) is 27.2 Å². The number of nitrogens with zero attached hydrogens (tertiary/aromatic N) is 2. The van der Waals surface area contributed by atoms with E-state index in [0.717, 1.165) is 40.8 Å². The minimum Gasteiger partial charge on any atom is -0.487 e. The molecule has 304 valence electrons. The molecule has 1 atom stereocenters. The summed E-state index contributed by atoms with van der Waals surface area (Å²) in [5.74, 6) is -0.984. The summed E-state index contributed by atoms with van der Waals surface area (Å²) in [6.45, 7) is 14.8. The molecule has 12 nitrogen and oxygen atoms in total. The first-order chi connectivity index (χ1) is 26.7. The van der Waals surface area contributed by atoms with Crippen LogP contribution in [-0.2, 0) is 38.9 Å². The normalized spacial score (nSPS) is 14.6. The van der Waals surface area contributed by atoms with Gasteiger partial charge in [0.1, 0.15) is 28.6 Å². The average molecular weight is 798 g/mol. The second-order valence-corrected chi connectivity index (χ2v) is 17.9. The molecule has 2 heterocycles. The Morgan fingerprint density at radius 2 is 1.60 bits per heavy atom. The van der Waals surface area contributed by atoms with Crippen molar-refractivity contribution in [2.24, 2.45) is 10.7 Å². The number of hydrogen-bond acceptors (Lipinski definition) is 8. The molecule has 0 bridgehead atoms. The molecule has 0 fully saturated rings. The van der Waals surface area contributed by atoms with Gasteiger partial charge in [0, 0.05) is 12.7 Å². The molecular weight excluding hydrogens is 743 g/mol. The molecule has 1 aliphatic rings. The van der Waals surface area contributed by atoms with Crippen LogP contribution < -0.4 is 26.1 Å². The fourth-order valence-electron chi connectivity index (χ4n) is 6.95. The fourth-order valence-corrected chi connectivity index (χ4v) is 8.47. The highest BCUT2D eigenvalue weighted by Crippen LogP contribution is 2.42. The number of ether oxygens (including phenoxy) is 2. The molecule has 5 rings (SSSR count). The number of benzene rings is 3. The quantitative estimate of drug-likeness (QED) is 0.0638. The standard InChI is InChI=1S/C44H55N5O7S/c1-28-29(2)38(30(3)34-22-23-44(7,8)55-37(28)34)57(53,54)48-42(45)46-24-12-17-36(41(52)56-43(4,5)6)47-39(50)35-16-13-25-49(40(35)51)27-33-20-18-32(19-21-33)26-31-14-10-9-11-15-31/h9-11,13-16,18-21,25,36H,12,17,22-24,26-27H2,1-8H3,(H,47,50)(H3,45,46,48)/t36-/m0/s1. The van der Waals surface area contributed by atoms with E-state index in [-0.39, 0.29) is 48.0 Å². The van der Waals surface area contributed by atoms with E-state index in [1.54, 1.807) is 46.9 Å². The maximum Gasteiger partial charge on any atom is 0.329 e. The Morgan fingerprint density at radius 1 is 0.947 bits per heavy atom. The molecule has 57 heavy (non-hydrogen) atoms. The molecule has 1 aliphatic heterocycles. The van der Waals surface area contributed by atoms with Crippen molar-refractivity contribution in [1.82, 2.24) is 14.6 Å². The Labute approximate surface area is 335 Å². The predicted molar refractivity (Wildman–Crippen MR) is 222 cm³/mol. The zero-order valence-electron chi connectivity index (χ0n) is 34.2. The van der Waals surface area contributed by atoms with Gasteiger partial charge in [0.25, 0.3) is 21.5 Å². The highest BCUT2D eigenvalue weighted by molar-refractivity contribution is 7.90. The van der Waals surface area contributed by atoms with Gasteiger partial charge in [-0.25, -0.2) is 17.9 Å². The van der Waals surface area contributed by atoms with Gasteiger partial charge in [-0.05, 0) is 139 Å². The van der Waals surface area contributed by atoms with Crippen LogP contribution in [0.4, 0.5) is 0 Å². The lowest BCUT2D eigenvalue weighted by Crippen LogP contribution is -2.46. The molecule has 0 radical (unpaired) electrons. The monoisotopic (exact) mass is 797 g/mol. The summed E-state index contributed by atoms with van der Waals surface area (Å²) in [7, 11) is -4.11. The van der Waals surface area contributed by atoms with Gasteiger partial charge in [0.15, 0.2) is 0 Å². The number of nitrogens with one attached hydrogen (secondary N) is 2. The average Bonchev–Trinajstić information content (AvgIpc) is 3.12. The summed E-state index contributed by atoms with van der Waals surface area (Å²) in [6.07, 6.45) is 4.15. The second kappa shape index (κ2) is 17.4. The summed E-state index contributed by atoms with van der Waals surface area (Å²) in [6, 6.07) is 20.0. The van der Waals surface area contributed by atoms with Gasteiger partial charge in [-0.15, -0.1) is 0 Å². The number of hydrogen-bond donors (Lipinski definition) is 3. The lowest BCUT2D eigenvalue weighted by Gasteiger charge is -2.35. The van der Waals surface area contributed by atoms with E-state index in [4.69, 9.17) is 15.2 Å². The van der Waals surface area contributed by atoms with Crippen molar-refractivity contribution in [2.75, 3.05) is 6.54 Å². The number of aliphatic imine (C=N–C) groups is 1. The zero-order valence-corrected chi connectivity index (χ0v) is 35.0. The number of guanidine groups is 1. The third-order valence-electron chi connectivity index (χ3n) is 10.00. The van der Waals surface area contributed by atoms with Crippen molar-refractivity contribution < 1.29 is 27.5 Å². The van der Waals surface area contributed by atoms with Crippen molar-refractivity contribution >= 4 is 27.9 Å². The lowest BCUT2D eigenvalue weighted by molar-refractivity contribution is -0.157. The number of pyridine rings is 1. The molecule has 13 heteroatoms. The zero-order chi connectivity index (χ0) is 41.7. The topological polar surface area (TPSA) is 171 Å². The van der Waals surface area contributed by atoms with E-state index in [1.807, 2.05) is 63.2 Å². The van der Waals surface area contributed by atoms with Crippen molar-refractivity contribution in [1.29, 1.82) is 0 Å². The molecule has 0 saturated carbocycles. The molecule has 0 aliphatic carbocycles. The molecule has 4 N–H and O–H groups in total. The number of nitrogens with two attached hydrogens (primary N) is 1. The Bertz CT molecular complexity index is 2310. The van der Waals surface area contributed by atoms with Crippen molar-refractivity contribution in [3.05, 3.63) is 128 Å². The van der Waals surface area contributed by atoms with Gasteiger partial charge in [0.05, 0.1) is 11.4 Å². The molecule has 0 spiro atoms. The summed E-state index contributed by atoms with van der Waals surface area (Å²) in [5.41, 5.74) is 10.3. The highest BCUT2D eigenvalue weighted by Gasteiger charge is 2.34. The SMILES string of the molecule is Cc1c(C)c(S(=O)(=O)NC(N)=NCCC[C@H](NC(=O)c2cccn(Cc3ccc(Cc4ccccc4)cc3)c2=O)C(=O)OC(C)(C)C)c(C)c2c1OC(C)(C)CC2. The van der Waals surface area contributed by atoms with Crippen LogP contribution in [0.25, 0.3) is 0 Å². The minimum absolute atomic E-state index is 0.0376. The van der Waals surface area contributed by atoms with Crippen molar-refractivity contribution in [2.45, 2.75) is 116 Å². The Hall–Kier alpha value is -5.43. The summed E-state index contributed by atoms with van der Waals surface area (Å²) in [4.78, 5) is 44.7. The molecule has 3 aromatic carbocycles. The maximum atomic E-state index is 13.6. The highest BCUT2D eigenvalue weighted by atomic mass is 32.2. The minimum atomic E-state index is -4.11. The van der Waals surface area contributed by atoms with Gasteiger partial charge < -0.3 is 25.1 Å². The number of fused-ring (bicyclic) bond motifs is 1. The van der Waals surface area contributed by atoms with Crippen LogP contribution in [0.15, 0.2) is 87.6 Å². The van der Waals surface area contributed by atoms with Crippen LogP contribution >= 0.6 is 0 Å². The summed E-state index contributed by atoms with van der Waals surface area (Å²) in [5, 5.41) is 2.69. The van der Waals surface area contributed by atoms with Gasteiger partial charge in [-0.3, -0.25) is 14.6 Å². The van der Waals surface area contributed by atoms with Gasteiger partial charge in [0.2, 0.25) is 5.96 Å². The van der Waals surface area contributed by atoms with Crippen LogP contribution in [-0.4, -0.2) is 54.6 Å². The van der Waals surface area contributed by atoms with E-state index in [0.29, 0.717) is 17.5 Å². The largest absolute Gasteiger partial charge is 0.487 e. The fraction of sp³-hybridized carbons (Fsp3) is 0.409. The van der Waals surface area contributed by atoms with Crippen molar-refractivity contribution in [3.8, 4) is 5.75 Å². The molecule has 1 amide bonds. The maximum absolute atomic E-state index is 13.6. The van der Waals surface area contributed by atoms with E-state index >= 15 is 0 Å². The number of amides is 1. The third kappa shape index (κ3) is 10.9.